The van der Waals surface area contributed by atoms with Crippen LogP contribution in [0.3, 0.4) is 0 Å². The molecule has 3 rings (SSSR count). The lowest BCUT2D eigenvalue weighted by Gasteiger charge is -1.98. The van der Waals surface area contributed by atoms with Gasteiger partial charge in [-0.15, -0.1) is 0 Å². The Bertz CT molecular complexity index is 903. The number of nitrogens with zero attached hydrogens (tertiary/aromatic N) is 1. The Labute approximate surface area is 119 Å². The maximum Gasteiger partial charge on any atom is 0.338 e. The first-order valence-corrected chi connectivity index (χ1v) is 6.13. The predicted octanol–water partition coefficient (Wildman–Crippen LogP) is 2.80. The average Bonchev–Trinajstić information content (AvgIpc) is 2.89. The van der Waals surface area contributed by atoms with Crippen LogP contribution in [0, 0.1) is 17.7 Å². The Balaban J connectivity index is 2.06. The van der Waals surface area contributed by atoms with Gasteiger partial charge in [0.05, 0.1) is 16.7 Å². The predicted molar refractivity (Wildman–Crippen MR) is 75.4 cm³/mol. The second-order valence-corrected chi connectivity index (χ2v) is 4.32. The molecule has 0 bridgehead atoms. The van der Waals surface area contributed by atoms with Crippen molar-refractivity contribution >= 4 is 17.0 Å². The maximum absolute atomic E-state index is 14.0. The molecule has 0 fully saturated rings. The van der Waals surface area contributed by atoms with E-state index in [1.54, 1.807) is 18.5 Å². The summed E-state index contributed by atoms with van der Waals surface area (Å²) in [6.07, 6.45) is 3.34. The zero-order chi connectivity index (χ0) is 14.8. The van der Waals surface area contributed by atoms with E-state index in [2.05, 4.69) is 21.8 Å². The first-order valence-electron chi connectivity index (χ1n) is 6.13. The Morgan fingerprint density at radius 3 is 2.81 bits per heavy atom. The topological polar surface area (TPSA) is 66.0 Å². The molecule has 0 spiro atoms. The van der Waals surface area contributed by atoms with Gasteiger partial charge in [0.2, 0.25) is 0 Å². The van der Waals surface area contributed by atoms with E-state index < -0.39 is 11.8 Å². The molecule has 0 aliphatic rings. The number of carboxylic acids is 1. The van der Waals surface area contributed by atoms with Crippen LogP contribution in [0.2, 0.25) is 0 Å². The molecule has 0 radical (unpaired) electrons. The zero-order valence-electron chi connectivity index (χ0n) is 10.7. The molecule has 21 heavy (non-hydrogen) atoms. The summed E-state index contributed by atoms with van der Waals surface area (Å²) in [6.45, 7) is 0. The molecule has 0 aliphatic heterocycles. The number of pyridine rings is 1. The smallest absolute Gasteiger partial charge is 0.338 e. The summed E-state index contributed by atoms with van der Waals surface area (Å²) in [6, 6.07) is 7.76. The fourth-order valence-electron chi connectivity index (χ4n) is 1.99. The highest BCUT2D eigenvalue weighted by atomic mass is 19.1. The second-order valence-electron chi connectivity index (χ2n) is 4.32. The third-order valence-corrected chi connectivity index (χ3v) is 3.01. The van der Waals surface area contributed by atoms with Gasteiger partial charge in [0.15, 0.2) is 5.82 Å². The van der Waals surface area contributed by atoms with Crippen LogP contribution < -0.4 is 0 Å². The normalized spacial score (nSPS) is 10.1. The van der Waals surface area contributed by atoms with Crippen molar-refractivity contribution in [3.8, 4) is 11.8 Å². The number of rotatable bonds is 1. The molecule has 3 aromatic rings. The molecule has 2 N–H and O–H groups in total. The zero-order valence-corrected chi connectivity index (χ0v) is 10.7. The van der Waals surface area contributed by atoms with Gasteiger partial charge in [0, 0.05) is 17.8 Å². The van der Waals surface area contributed by atoms with Crippen LogP contribution in [-0.4, -0.2) is 21.0 Å². The molecule has 0 unspecified atom stereocenters. The Kier molecular flexibility index (Phi) is 3.13. The monoisotopic (exact) mass is 280 g/mol. The first-order chi connectivity index (χ1) is 10.2. The molecule has 0 atom stereocenters. The number of halogens is 1. The van der Waals surface area contributed by atoms with Crippen LogP contribution in [0.25, 0.3) is 11.0 Å². The molecular weight excluding hydrogens is 271 g/mol. The van der Waals surface area contributed by atoms with Gasteiger partial charge in [-0.2, -0.15) is 0 Å². The Morgan fingerprint density at radius 2 is 2.00 bits per heavy atom. The van der Waals surface area contributed by atoms with Crippen LogP contribution >= 0.6 is 0 Å². The summed E-state index contributed by atoms with van der Waals surface area (Å²) < 4.78 is 14.0. The summed E-state index contributed by atoms with van der Waals surface area (Å²) in [4.78, 5) is 18.0. The molecule has 0 saturated heterocycles. The van der Waals surface area contributed by atoms with E-state index in [0.29, 0.717) is 11.2 Å². The summed E-state index contributed by atoms with van der Waals surface area (Å²) in [7, 11) is 0. The lowest BCUT2D eigenvalue weighted by Crippen LogP contribution is -2.01. The van der Waals surface area contributed by atoms with Gasteiger partial charge in [-0.25, -0.2) is 14.2 Å². The minimum atomic E-state index is -1.31. The van der Waals surface area contributed by atoms with Gasteiger partial charge in [0.25, 0.3) is 0 Å². The first kappa shape index (κ1) is 12.9. The highest BCUT2D eigenvalue weighted by Crippen LogP contribution is 2.15. The number of benzene rings is 1. The molecule has 1 aromatic carbocycles. The third-order valence-electron chi connectivity index (χ3n) is 3.01. The van der Waals surface area contributed by atoms with Crippen molar-refractivity contribution in [2.45, 2.75) is 0 Å². The number of H-pyrrole nitrogens is 1. The van der Waals surface area contributed by atoms with E-state index in [-0.39, 0.29) is 11.1 Å². The van der Waals surface area contributed by atoms with Crippen molar-refractivity contribution < 1.29 is 14.3 Å². The minimum absolute atomic E-state index is 0.0492. The van der Waals surface area contributed by atoms with Gasteiger partial charge >= 0.3 is 5.97 Å². The highest BCUT2D eigenvalue weighted by Gasteiger charge is 2.12. The van der Waals surface area contributed by atoms with Crippen molar-refractivity contribution in [2.24, 2.45) is 0 Å². The molecule has 2 heterocycles. The van der Waals surface area contributed by atoms with Crippen molar-refractivity contribution in [1.29, 1.82) is 0 Å². The van der Waals surface area contributed by atoms with Gasteiger partial charge in [-0.3, -0.25) is 0 Å². The SMILES string of the molecule is O=C(O)c1cccc(C#Cc2c[nH]c3ncccc23)c1F. The minimum Gasteiger partial charge on any atom is -0.478 e. The van der Waals surface area contributed by atoms with Gasteiger partial charge in [0.1, 0.15) is 5.65 Å². The van der Waals surface area contributed by atoms with Crippen molar-refractivity contribution in [1.82, 2.24) is 9.97 Å². The summed E-state index contributed by atoms with van der Waals surface area (Å²) in [5.41, 5.74) is 1.04. The highest BCUT2D eigenvalue weighted by molar-refractivity contribution is 5.88. The number of hydrogen-bond acceptors (Lipinski definition) is 2. The lowest BCUT2D eigenvalue weighted by atomic mass is 10.1. The van der Waals surface area contributed by atoms with E-state index in [9.17, 15) is 9.18 Å². The molecule has 5 heteroatoms. The number of hydrogen-bond donors (Lipinski definition) is 2. The number of aromatic carboxylic acids is 1. The number of nitrogens with one attached hydrogen (secondary N) is 1. The van der Waals surface area contributed by atoms with Crippen LogP contribution in [-0.2, 0) is 0 Å². The molecule has 2 aromatic heterocycles. The number of carbonyl (C=O) groups is 1. The van der Waals surface area contributed by atoms with Crippen molar-refractivity contribution in [3.63, 3.8) is 0 Å². The van der Waals surface area contributed by atoms with Gasteiger partial charge in [-0.1, -0.05) is 17.9 Å². The maximum atomic E-state index is 14.0. The number of carboxylic acid groups (broad SMARTS) is 1. The fraction of sp³-hybridized carbons (Fsp3) is 0. The summed E-state index contributed by atoms with van der Waals surface area (Å²) in [5.74, 6) is 3.37. The summed E-state index contributed by atoms with van der Waals surface area (Å²) >= 11 is 0. The molecule has 0 aliphatic carbocycles. The van der Waals surface area contributed by atoms with E-state index in [0.717, 1.165) is 5.39 Å². The van der Waals surface area contributed by atoms with Gasteiger partial charge < -0.3 is 10.1 Å². The Morgan fingerprint density at radius 1 is 1.19 bits per heavy atom. The van der Waals surface area contributed by atoms with Crippen molar-refractivity contribution in [2.75, 3.05) is 0 Å². The van der Waals surface area contributed by atoms with E-state index >= 15 is 0 Å². The lowest BCUT2D eigenvalue weighted by molar-refractivity contribution is 0.0692. The van der Waals surface area contributed by atoms with E-state index in [1.807, 2.05) is 6.07 Å². The Hall–Kier alpha value is -3.13. The standard InChI is InChI=1S/C16H9FN2O2/c17-14-10(3-1-4-13(14)16(20)21)6-7-11-9-19-15-12(11)5-2-8-18-15/h1-5,8-9H,(H,18,19)(H,20,21). The number of aromatic nitrogens is 2. The molecule has 4 nitrogen and oxygen atoms in total. The molecular formula is C16H9FN2O2. The van der Waals surface area contributed by atoms with Gasteiger partial charge in [-0.05, 0) is 24.3 Å². The molecule has 102 valence electrons. The second kappa shape index (κ2) is 5.10. The van der Waals surface area contributed by atoms with Crippen LogP contribution in [0.5, 0.6) is 0 Å². The van der Waals surface area contributed by atoms with Crippen molar-refractivity contribution in [3.05, 3.63) is 65.2 Å². The van der Waals surface area contributed by atoms with Crippen LogP contribution in [0.4, 0.5) is 4.39 Å². The fourth-order valence-corrected chi connectivity index (χ4v) is 1.99. The average molecular weight is 280 g/mol. The summed E-state index contributed by atoms with van der Waals surface area (Å²) in [5, 5.41) is 9.72. The third kappa shape index (κ3) is 2.35. The number of fused-ring (bicyclic) bond motifs is 1. The van der Waals surface area contributed by atoms with E-state index in [4.69, 9.17) is 5.11 Å². The molecule has 0 amide bonds. The van der Waals surface area contributed by atoms with E-state index in [1.165, 1.54) is 18.2 Å². The number of aromatic amines is 1. The largest absolute Gasteiger partial charge is 0.478 e. The molecule has 0 saturated carbocycles. The van der Waals surface area contributed by atoms with Crippen LogP contribution in [0.1, 0.15) is 21.5 Å². The quantitative estimate of drug-likeness (QED) is 0.674. The van der Waals surface area contributed by atoms with Crippen LogP contribution in [0.15, 0.2) is 42.7 Å².